The lowest BCUT2D eigenvalue weighted by Gasteiger charge is -2.25. The first-order valence-corrected chi connectivity index (χ1v) is 7.05. The van der Waals surface area contributed by atoms with Crippen LogP contribution in [-0.2, 0) is 4.79 Å². The van der Waals surface area contributed by atoms with Gasteiger partial charge >= 0.3 is 0 Å². The Bertz CT molecular complexity index is 242. The Morgan fingerprint density at radius 3 is 2.71 bits per heavy atom. The van der Waals surface area contributed by atoms with Gasteiger partial charge in [0.2, 0.25) is 5.91 Å². The Kier molecular flexibility index (Phi) is 5.96. The molecule has 1 saturated carbocycles. The SMILES string of the molecule is CCN(C)C(=O)C(C)NC1CCCC(C)CC1. The first-order valence-electron chi connectivity index (χ1n) is 7.05. The first kappa shape index (κ1) is 14.5. The Morgan fingerprint density at radius 1 is 1.35 bits per heavy atom. The lowest BCUT2D eigenvalue weighted by Crippen LogP contribution is -2.47. The van der Waals surface area contributed by atoms with Crippen LogP contribution in [0.5, 0.6) is 0 Å². The van der Waals surface area contributed by atoms with E-state index in [1.807, 2.05) is 20.9 Å². The monoisotopic (exact) mass is 240 g/mol. The molecule has 3 nitrogen and oxygen atoms in total. The number of amides is 1. The van der Waals surface area contributed by atoms with Crippen LogP contribution in [0.3, 0.4) is 0 Å². The van der Waals surface area contributed by atoms with Crippen LogP contribution < -0.4 is 5.32 Å². The molecule has 0 aromatic carbocycles. The summed E-state index contributed by atoms with van der Waals surface area (Å²) in [6.45, 7) is 7.12. The molecular formula is C14H28N2O. The highest BCUT2D eigenvalue weighted by atomic mass is 16.2. The molecular weight excluding hydrogens is 212 g/mol. The zero-order valence-electron chi connectivity index (χ0n) is 11.8. The summed E-state index contributed by atoms with van der Waals surface area (Å²) in [6.07, 6.45) is 6.37. The van der Waals surface area contributed by atoms with Crippen molar-refractivity contribution in [3.63, 3.8) is 0 Å². The minimum atomic E-state index is -0.0432. The van der Waals surface area contributed by atoms with Crippen LogP contribution >= 0.6 is 0 Å². The Labute approximate surface area is 106 Å². The van der Waals surface area contributed by atoms with E-state index < -0.39 is 0 Å². The highest BCUT2D eigenvalue weighted by Gasteiger charge is 2.22. The number of rotatable bonds is 4. The lowest BCUT2D eigenvalue weighted by atomic mass is 10.0. The van der Waals surface area contributed by atoms with Gasteiger partial charge in [-0.25, -0.2) is 0 Å². The molecule has 3 atom stereocenters. The van der Waals surface area contributed by atoms with E-state index in [-0.39, 0.29) is 11.9 Å². The fourth-order valence-corrected chi connectivity index (χ4v) is 2.57. The highest BCUT2D eigenvalue weighted by Crippen LogP contribution is 2.22. The molecule has 100 valence electrons. The second kappa shape index (κ2) is 7.00. The summed E-state index contributed by atoms with van der Waals surface area (Å²) in [6, 6.07) is 0.488. The van der Waals surface area contributed by atoms with E-state index in [4.69, 9.17) is 0 Å². The third-order valence-corrected chi connectivity index (χ3v) is 3.96. The predicted molar refractivity (Wildman–Crippen MR) is 71.9 cm³/mol. The molecule has 3 unspecified atom stereocenters. The number of likely N-dealkylation sites (N-methyl/N-ethyl adjacent to an activating group) is 1. The number of nitrogens with zero attached hydrogens (tertiary/aromatic N) is 1. The van der Waals surface area contributed by atoms with Gasteiger partial charge in [-0.2, -0.15) is 0 Å². The van der Waals surface area contributed by atoms with Crippen molar-refractivity contribution in [3.05, 3.63) is 0 Å². The van der Waals surface area contributed by atoms with Crippen LogP contribution in [0, 0.1) is 5.92 Å². The smallest absolute Gasteiger partial charge is 0.239 e. The maximum Gasteiger partial charge on any atom is 0.239 e. The number of carbonyl (C=O) groups excluding carboxylic acids is 1. The topological polar surface area (TPSA) is 32.3 Å². The Morgan fingerprint density at radius 2 is 2.06 bits per heavy atom. The Hall–Kier alpha value is -0.570. The average Bonchev–Trinajstić information content (AvgIpc) is 2.52. The summed E-state index contributed by atoms with van der Waals surface area (Å²) in [7, 11) is 1.87. The van der Waals surface area contributed by atoms with Gasteiger partial charge in [0.05, 0.1) is 6.04 Å². The van der Waals surface area contributed by atoms with Crippen LogP contribution in [0.4, 0.5) is 0 Å². The van der Waals surface area contributed by atoms with Gasteiger partial charge in [0.15, 0.2) is 0 Å². The molecule has 1 aliphatic rings. The Balaban J connectivity index is 2.39. The van der Waals surface area contributed by atoms with Gasteiger partial charge in [0.25, 0.3) is 0 Å². The van der Waals surface area contributed by atoms with Crippen molar-refractivity contribution < 1.29 is 4.79 Å². The van der Waals surface area contributed by atoms with E-state index in [9.17, 15) is 4.79 Å². The van der Waals surface area contributed by atoms with Gasteiger partial charge in [0, 0.05) is 19.6 Å². The van der Waals surface area contributed by atoms with Gasteiger partial charge in [-0.05, 0) is 39.0 Å². The van der Waals surface area contributed by atoms with Crippen molar-refractivity contribution in [2.75, 3.05) is 13.6 Å². The fourth-order valence-electron chi connectivity index (χ4n) is 2.57. The number of carbonyl (C=O) groups is 1. The molecule has 1 N–H and O–H groups in total. The van der Waals surface area contributed by atoms with Crippen molar-refractivity contribution in [1.82, 2.24) is 10.2 Å². The average molecular weight is 240 g/mol. The van der Waals surface area contributed by atoms with E-state index in [2.05, 4.69) is 12.2 Å². The van der Waals surface area contributed by atoms with E-state index in [1.165, 1.54) is 32.1 Å². The quantitative estimate of drug-likeness (QED) is 0.765. The number of hydrogen-bond donors (Lipinski definition) is 1. The van der Waals surface area contributed by atoms with Crippen molar-refractivity contribution in [1.29, 1.82) is 0 Å². The van der Waals surface area contributed by atoms with E-state index in [0.717, 1.165) is 12.5 Å². The van der Waals surface area contributed by atoms with Crippen LogP contribution in [0.1, 0.15) is 52.9 Å². The minimum absolute atomic E-state index is 0.0432. The van der Waals surface area contributed by atoms with Gasteiger partial charge in [-0.3, -0.25) is 4.79 Å². The van der Waals surface area contributed by atoms with E-state index >= 15 is 0 Å². The summed E-state index contributed by atoms with van der Waals surface area (Å²) in [5.41, 5.74) is 0. The van der Waals surface area contributed by atoms with E-state index in [0.29, 0.717) is 6.04 Å². The number of nitrogens with one attached hydrogen (secondary N) is 1. The second-order valence-corrected chi connectivity index (χ2v) is 5.55. The molecule has 0 spiro atoms. The molecule has 0 saturated heterocycles. The summed E-state index contributed by atoms with van der Waals surface area (Å²) >= 11 is 0. The van der Waals surface area contributed by atoms with Crippen molar-refractivity contribution in [3.8, 4) is 0 Å². The van der Waals surface area contributed by atoms with Crippen LogP contribution in [0.25, 0.3) is 0 Å². The molecule has 0 heterocycles. The number of hydrogen-bond acceptors (Lipinski definition) is 2. The molecule has 1 aliphatic carbocycles. The maximum atomic E-state index is 12.0. The molecule has 0 bridgehead atoms. The van der Waals surface area contributed by atoms with Gasteiger partial charge < -0.3 is 10.2 Å². The zero-order valence-corrected chi connectivity index (χ0v) is 11.8. The predicted octanol–water partition coefficient (Wildman–Crippen LogP) is 2.41. The summed E-state index contributed by atoms with van der Waals surface area (Å²) in [5, 5.41) is 3.50. The molecule has 0 aliphatic heterocycles. The normalized spacial score (nSPS) is 27.3. The third kappa shape index (κ3) is 4.66. The summed E-state index contributed by atoms with van der Waals surface area (Å²) in [5.74, 6) is 1.07. The molecule has 3 heteroatoms. The zero-order chi connectivity index (χ0) is 12.8. The molecule has 0 aromatic rings. The van der Waals surface area contributed by atoms with Crippen LogP contribution in [0.15, 0.2) is 0 Å². The minimum Gasteiger partial charge on any atom is -0.345 e. The lowest BCUT2D eigenvalue weighted by molar-refractivity contribution is -0.131. The standard InChI is InChI=1S/C14H28N2O/c1-5-16(4)14(17)12(3)15-13-8-6-7-11(2)9-10-13/h11-13,15H,5-10H2,1-4H3. The molecule has 0 aromatic heterocycles. The van der Waals surface area contributed by atoms with E-state index in [1.54, 1.807) is 4.90 Å². The maximum absolute atomic E-state index is 12.0. The van der Waals surface area contributed by atoms with Gasteiger partial charge in [-0.1, -0.05) is 19.8 Å². The largest absolute Gasteiger partial charge is 0.345 e. The first-order chi connectivity index (χ1) is 8.04. The molecule has 17 heavy (non-hydrogen) atoms. The van der Waals surface area contributed by atoms with Crippen LogP contribution in [0.2, 0.25) is 0 Å². The second-order valence-electron chi connectivity index (χ2n) is 5.55. The van der Waals surface area contributed by atoms with Gasteiger partial charge in [-0.15, -0.1) is 0 Å². The highest BCUT2D eigenvalue weighted by molar-refractivity contribution is 5.81. The molecule has 1 rings (SSSR count). The van der Waals surface area contributed by atoms with Crippen LogP contribution in [-0.4, -0.2) is 36.5 Å². The molecule has 1 amide bonds. The van der Waals surface area contributed by atoms with Crippen molar-refractivity contribution in [2.45, 2.75) is 65.0 Å². The molecule has 1 fully saturated rings. The van der Waals surface area contributed by atoms with Crippen molar-refractivity contribution >= 4 is 5.91 Å². The van der Waals surface area contributed by atoms with Gasteiger partial charge in [0.1, 0.15) is 0 Å². The molecule has 0 radical (unpaired) electrons. The fraction of sp³-hybridized carbons (Fsp3) is 0.929. The third-order valence-electron chi connectivity index (χ3n) is 3.96. The summed E-state index contributed by atoms with van der Waals surface area (Å²) in [4.78, 5) is 13.8. The van der Waals surface area contributed by atoms with Crippen molar-refractivity contribution in [2.24, 2.45) is 5.92 Å². The summed E-state index contributed by atoms with van der Waals surface area (Å²) < 4.78 is 0.